The number of likely N-dealkylation sites (tertiary alicyclic amines) is 1. The number of pyridine rings is 1. The Balaban J connectivity index is 1.23. The van der Waals surface area contributed by atoms with Crippen LogP contribution in [-0.4, -0.2) is 53.2 Å². The lowest BCUT2D eigenvalue weighted by molar-refractivity contribution is -0.132. The van der Waals surface area contributed by atoms with E-state index < -0.39 is 0 Å². The van der Waals surface area contributed by atoms with E-state index in [1.807, 2.05) is 11.0 Å². The van der Waals surface area contributed by atoms with Crippen molar-refractivity contribution in [2.24, 2.45) is 5.73 Å². The Morgan fingerprint density at radius 2 is 1.88 bits per heavy atom. The van der Waals surface area contributed by atoms with Gasteiger partial charge in [-0.05, 0) is 67.5 Å². The second-order valence-corrected chi connectivity index (χ2v) is 11.0. The van der Waals surface area contributed by atoms with Gasteiger partial charge < -0.3 is 25.7 Å². The molecular formula is C33H41N5O2. The van der Waals surface area contributed by atoms with E-state index in [2.05, 4.69) is 65.0 Å². The Labute approximate surface area is 237 Å². The zero-order valence-electron chi connectivity index (χ0n) is 23.7. The van der Waals surface area contributed by atoms with Gasteiger partial charge in [0.1, 0.15) is 5.82 Å². The number of carbonyl (C=O) groups excluding carboxylic acids is 1. The first kappa shape index (κ1) is 27.9. The maximum atomic E-state index is 13.4. The molecule has 1 fully saturated rings. The Bertz CT molecular complexity index is 1430. The SMILES string of the molecule is COCCCn1c(C2CCCN(C(=O)CC(N)Cc3ccc(-c4ccc(N)nc4)cc3)C2)c(C)c2ccccc21. The third-order valence-corrected chi connectivity index (χ3v) is 8.17. The number of anilines is 1. The molecule has 2 aromatic carbocycles. The summed E-state index contributed by atoms with van der Waals surface area (Å²) in [6.45, 7) is 5.43. The van der Waals surface area contributed by atoms with Gasteiger partial charge in [0, 0.05) is 80.1 Å². The average Bonchev–Trinajstić information content (AvgIpc) is 3.25. The summed E-state index contributed by atoms with van der Waals surface area (Å²) in [5.74, 6) is 0.983. The second-order valence-electron chi connectivity index (χ2n) is 11.0. The number of nitrogens with zero attached hydrogens (tertiary/aromatic N) is 3. The number of para-hydroxylation sites is 1. The van der Waals surface area contributed by atoms with Gasteiger partial charge in [0.05, 0.1) is 0 Å². The third-order valence-electron chi connectivity index (χ3n) is 8.17. The van der Waals surface area contributed by atoms with E-state index in [-0.39, 0.29) is 11.9 Å². The molecule has 2 unspecified atom stereocenters. The first-order valence-electron chi connectivity index (χ1n) is 14.4. The molecule has 1 amide bonds. The molecule has 1 aliphatic rings. The molecule has 7 heteroatoms. The monoisotopic (exact) mass is 539 g/mol. The maximum absolute atomic E-state index is 13.4. The minimum Gasteiger partial charge on any atom is -0.385 e. The minimum atomic E-state index is -0.223. The van der Waals surface area contributed by atoms with Gasteiger partial charge in [-0.3, -0.25) is 4.79 Å². The number of nitrogen functional groups attached to an aromatic ring is 1. The summed E-state index contributed by atoms with van der Waals surface area (Å²) in [6.07, 6.45) is 5.85. The van der Waals surface area contributed by atoms with E-state index in [4.69, 9.17) is 16.2 Å². The number of methoxy groups -OCH3 is 1. The molecule has 0 saturated carbocycles. The van der Waals surface area contributed by atoms with Crippen LogP contribution in [0.3, 0.4) is 0 Å². The van der Waals surface area contributed by atoms with Crippen molar-refractivity contribution in [1.82, 2.24) is 14.5 Å². The molecule has 4 N–H and O–H groups in total. The third kappa shape index (κ3) is 6.21. The summed E-state index contributed by atoms with van der Waals surface area (Å²) in [5, 5.41) is 1.30. The van der Waals surface area contributed by atoms with Crippen molar-refractivity contribution in [1.29, 1.82) is 0 Å². The quantitative estimate of drug-likeness (QED) is 0.267. The predicted molar refractivity (Wildman–Crippen MR) is 162 cm³/mol. The number of nitrogens with two attached hydrogens (primary N) is 2. The number of benzene rings is 2. The van der Waals surface area contributed by atoms with Crippen molar-refractivity contribution in [2.75, 3.05) is 32.5 Å². The fourth-order valence-corrected chi connectivity index (χ4v) is 6.20. The number of hydrogen-bond donors (Lipinski definition) is 2. The molecule has 0 bridgehead atoms. The lowest BCUT2D eigenvalue weighted by Crippen LogP contribution is -2.42. The lowest BCUT2D eigenvalue weighted by Gasteiger charge is -2.34. The first-order valence-corrected chi connectivity index (χ1v) is 14.4. The van der Waals surface area contributed by atoms with Crippen LogP contribution in [0.2, 0.25) is 0 Å². The molecule has 2 aromatic heterocycles. The van der Waals surface area contributed by atoms with Gasteiger partial charge in [-0.1, -0.05) is 42.5 Å². The molecule has 1 saturated heterocycles. The van der Waals surface area contributed by atoms with Gasteiger partial charge in [-0.2, -0.15) is 0 Å². The first-order chi connectivity index (χ1) is 19.4. The average molecular weight is 540 g/mol. The van der Waals surface area contributed by atoms with Crippen LogP contribution in [-0.2, 0) is 22.5 Å². The number of carbonyl (C=O) groups is 1. The summed E-state index contributed by atoms with van der Waals surface area (Å²) in [5.41, 5.74) is 19.4. The molecule has 0 spiro atoms. The molecule has 3 heterocycles. The van der Waals surface area contributed by atoms with E-state index in [1.54, 1.807) is 19.4 Å². The highest BCUT2D eigenvalue weighted by atomic mass is 16.5. The van der Waals surface area contributed by atoms with Crippen molar-refractivity contribution >= 4 is 22.6 Å². The molecule has 210 valence electrons. The van der Waals surface area contributed by atoms with Gasteiger partial charge in [0.15, 0.2) is 0 Å². The highest BCUT2D eigenvalue weighted by Gasteiger charge is 2.29. The number of rotatable bonds is 10. The van der Waals surface area contributed by atoms with Gasteiger partial charge >= 0.3 is 0 Å². The summed E-state index contributed by atoms with van der Waals surface area (Å²) in [4.78, 5) is 19.6. The lowest BCUT2D eigenvalue weighted by atomic mass is 9.91. The Kier molecular flexibility index (Phi) is 8.82. The molecule has 5 rings (SSSR count). The standard InChI is InChI=1S/C33H41N5O2/c1-23-29-8-3-4-9-30(29)38(17-6-18-40-2)33(23)27-7-5-16-37(22-27)32(39)20-28(34)19-24-10-12-25(13-11-24)26-14-15-31(35)36-21-26/h3-4,8-15,21,27-28H,5-7,16-20,22,34H2,1-2H3,(H2,35,36). The summed E-state index contributed by atoms with van der Waals surface area (Å²) < 4.78 is 7.81. The molecule has 0 aliphatic carbocycles. The van der Waals surface area contributed by atoms with Crippen LogP contribution in [0.15, 0.2) is 66.9 Å². The highest BCUT2D eigenvalue weighted by molar-refractivity contribution is 5.85. The summed E-state index contributed by atoms with van der Waals surface area (Å²) in [6, 6.07) is 20.5. The van der Waals surface area contributed by atoms with E-state index in [9.17, 15) is 4.79 Å². The number of aryl methyl sites for hydroxylation is 2. The van der Waals surface area contributed by atoms with Gasteiger partial charge in [-0.25, -0.2) is 4.98 Å². The van der Waals surface area contributed by atoms with Crippen molar-refractivity contribution in [2.45, 2.75) is 57.5 Å². The van der Waals surface area contributed by atoms with Crippen LogP contribution in [0.25, 0.3) is 22.0 Å². The molecule has 0 radical (unpaired) electrons. The van der Waals surface area contributed by atoms with E-state index >= 15 is 0 Å². The van der Waals surface area contributed by atoms with Crippen LogP contribution < -0.4 is 11.5 Å². The molecular weight excluding hydrogens is 498 g/mol. The number of ether oxygens (including phenoxy) is 1. The second kappa shape index (κ2) is 12.7. The fourth-order valence-electron chi connectivity index (χ4n) is 6.20. The molecule has 4 aromatic rings. The largest absolute Gasteiger partial charge is 0.385 e. The number of amides is 1. The summed E-state index contributed by atoms with van der Waals surface area (Å²) in [7, 11) is 1.75. The van der Waals surface area contributed by atoms with Crippen molar-refractivity contribution in [3.63, 3.8) is 0 Å². The fraction of sp³-hybridized carbons (Fsp3) is 0.394. The zero-order valence-corrected chi connectivity index (χ0v) is 23.7. The Hall–Kier alpha value is -3.68. The normalized spacial score (nSPS) is 16.4. The van der Waals surface area contributed by atoms with Gasteiger partial charge in [0.2, 0.25) is 5.91 Å². The van der Waals surface area contributed by atoms with Crippen molar-refractivity contribution in [3.8, 4) is 11.1 Å². The Morgan fingerprint density at radius 1 is 1.10 bits per heavy atom. The molecule has 2 atom stereocenters. The predicted octanol–water partition coefficient (Wildman–Crippen LogP) is 5.30. The summed E-state index contributed by atoms with van der Waals surface area (Å²) >= 11 is 0. The van der Waals surface area contributed by atoms with Crippen LogP contribution in [0, 0.1) is 6.92 Å². The number of aromatic nitrogens is 2. The van der Waals surface area contributed by atoms with E-state index in [0.29, 0.717) is 24.6 Å². The molecule has 7 nitrogen and oxygen atoms in total. The van der Waals surface area contributed by atoms with Crippen LogP contribution >= 0.6 is 0 Å². The highest BCUT2D eigenvalue weighted by Crippen LogP contribution is 2.36. The number of hydrogen-bond acceptors (Lipinski definition) is 5. The van der Waals surface area contributed by atoms with Crippen LogP contribution in [0.5, 0.6) is 0 Å². The maximum Gasteiger partial charge on any atom is 0.224 e. The smallest absolute Gasteiger partial charge is 0.224 e. The van der Waals surface area contributed by atoms with Crippen molar-refractivity contribution in [3.05, 3.63) is 83.7 Å². The number of piperidine rings is 1. The topological polar surface area (TPSA) is 99.4 Å². The van der Waals surface area contributed by atoms with Gasteiger partial charge in [-0.15, -0.1) is 0 Å². The van der Waals surface area contributed by atoms with Crippen molar-refractivity contribution < 1.29 is 9.53 Å². The molecule has 1 aliphatic heterocycles. The van der Waals surface area contributed by atoms with Gasteiger partial charge in [0.25, 0.3) is 0 Å². The van der Waals surface area contributed by atoms with Crippen LogP contribution in [0.1, 0.15) is 48.4 Å². The molecule has 40 heavy (non-hydrogen) atoms. The minimum absolute atomic E-state index is 0.154. The number of fused-ring (bicyclic) bond motifs is 1. The zero-order chi connectivity index (χ0) is 28.1. The van der Waals surface area contributed by atoms with E-state index in [1.165, 1.54) is 22.2 Å². The van der Waals surface area contributed by atoms with E-state index in [0.717, 1.165) is 62.2 Å². The Morgan fingerprint density at radius 3 is 2.62 bits per heavy atom. The van der Waals surface area contributed by atoms with Crippen LogP contribution in [0.4, 0.5) is 5.82 Å².